The third-order valence-corrected chi connectivity index (χ3v) is 4.03. The molecule has 0 unspecified atom stereocenters. The Bertz CT molecular complexity index is 606. The maximum absolute atomic E-state index is 2.24. The third-order valence-electron chi connectivity index (χ3n) is 4.03. The van der Waals surface area contributed by atoms with Gasteiger partial charge in [0.1, 0.15) is 0 Å². The zero-order valence-corrected chi connectivity index (χ0v) is 14.4. The van der Waals surface area contributed by atoms with Crippen molar-refractivity contribution in [1.29, 1.82) is 0 Å². The zero-order chi connectivity index (χ0) is 16.5. The van der Waals surface area contributed by atoms with E-state index in [1.54, 1.807) is 0 Å². The first-order chi connectivity index (χ1) is 11.2. The quantitative estimate of drug-likeness (QED) is 0.516. The standard InChI is InChI=1S/C15H16.C8H10/c1-2-15(13-9-5-3-6-10-13)14-11-7-4-8-12-14;1-7-3-5-8(2)6-4-7/h3-12,15H,2H2,1H3;3-6H,1-2H3. The molecule has 3 aromatic carbocycles. The van der Waals surface area contributed by atoms with Crippen LogP contribution in [-0.4, -0.2) is 0 Å². The minimum absolute atomic E-state index is 0.535. The fraction of sp³-hybridized carbons (Fsp3) is 0.217. The molecular weight excluding hydrogens is 276 g/mol. The Morgan fingerprint density at radius 2 is 0.913 bits per heavy atom. The van der Waals surface area contributed by atoms with E-state index in [0.717, 1.165) is 6.42 Å². The van der Waals surface area contributed by atoms with Gasteiger partial charge in [-0.15, -0.1) is 0 Å². The van der Waals surface area contributed by atoms with Gasteiger partial charge in [0.2, 0.25) is 0 Å². The largest absolute Gasteiger partial charge is 0.0645 e. The second-order valence-corrected chi connectivity index (χ2v) is 5.94. The van der Waals surface area contributed by atoms with E-state index in [9.17, 15) is 0 Å². The van der Waals surface area contributed by atoms with Gasteiger partial charge in [0.15, 0.2) is 0 Å². The molecule has 0 aliphatic rings. The summed E-state index contributed by atoms with van der Waals surface area (Å²) < 4.78 is 0. The van der Waals surface area contributed by atoms with Crippen molar-refractivity contribution in [2.45, 2.75) is 33.1 Å². The number of hydrogen-bond donors (Lipinski definition) is 0. The van der Waals surface area contributed by atoms with Crippen LogP contribution in [0.1, 0.15) is 41.5 Å². The van der Waals surface area contributed by atoms with Crippen LogP contribution in [0.4, 0.5) is 0 Å². The molecule has 0 heterocycles. The smallest absolute Gasteiger partial charge is 0.00867 e. The van der Waals surface area contributed by atoms with Gasteiger partial charge in [0, 0.05) is 5.92 Å². The van der Waals surface area contributed by atoms with Gasteiger partial charge < -0.3 is 0 Å². The van der Waals surface area contributed by atoms with E-state index in [1.165, 1.54) is 22.3 Å². The molecule has 3 rings (SSSR count). The van der Waals surface area contributed by atoms with Gasteiger partial charge in [-0.2, -0.15) is 0 Å². The monoisotopic (exact) mass is 302 g/mol. The van der Waals surface area contributed by atoms with E-state index in [1.807, 2.05) is 0 Å². The zero-order valence-electron chi connectivity index (χ0n) is 14.4. The second-order valence-electron chi connectivity index (χ2n) is 5.94. The lowest BCUT2D eigenvalue weighted by atomic mass is 9.89. The third kappa shape index (κ3) is 5.41. The normalized spacial score (nSPS) is 10.1. The number of aryl methyl sites for hydroxylation is 2. The summed E-state index contributed by atoms with van der Waals surface area (Å²) >= 11 is 0. The Kier molecular flexibility index (Phi) is 6.62. The predicted molar refractivity (Wildman–Crippen MR) is 101 cm³/mol. The van der Waals surface area contributed by atoms with E-state index < -0.39 is 0 Å². The minimum atomic E-state index is 0.535. The Morgan fingerprint density at radius 3 is 1.22 bits per heavy atom. The molecule has 3 aromatic rings. The van der Waals surface area contributed by atoms with Gasteiger partial charge in [-0.1, -0.05) is 103 Å². The minimum Gasteiger partial charge on any atom is -0.0645 e. The first-order valence-electron chi connectivity index (χ1n) is 8.34. The van der Waals surface area contributed by atoms with E-state index in [-0.39, 0.29) is 0 Å². The fourth-order valence-electron chi connectivity index (χ4n) is 2.67. The average molecular weight is 302 g/mol. The molecule has 0 atom stereocenters. The first kappa shape index (κ1) is 17.0. The van der Waals surface area contributed by atoms with Crippen LogP contribution in [0.5, 0.6) is 0 Å². The molecule has 0 radical (unpaired) electrons. The summed E-state index contributed by atoms with van der Waals surface area (Å²) in [6.07, 6.45) is 1.15. The maximum Gasteiger partial charge on any atom is 0.00867 e. The van der Waals surface area contributed by atoms with Gasteiger partial charge in [0.05, 0.1) is 0 Å². The van der Waals surface area contributed by atoms with E-state index in [2.05, 4.69) is 106 Å². The molecular formula is C23H26. The van der Waals surface area contributed by atoms with Crippen LogP contribution in [0.15, 0.2) is 84.9 Å². The van der Waals surface area contributed by atoms with Crippen LogP contribution in [0.25, 0.3) is 0 Å². The van der Waals surface area contributed by atoms with Crippen LogP contribution >= 0.6 is 0 Å². The van der Waals surface area contributed by atoms with E-state index in [4.69, 9.17) is 0 Å². The lowest BCUT2D eigenvalue weighted by Gasteiger charge is -2.15. The molecule has 0 N–H and O–H groups in total. The summed E-state index contributed by atoms with van der Waals surface area (Å²) in [7, 11) is 0. The van der Waals surface area contributed by atoms with E-state index in [0.29, 0.717) is 5.92 Å². The van der Waals surface area contributed by atoms with Crippen molar-refractivity contribution < 1.29 is 0 Å². The van der Waals surface area contributed by atoms with Crippen LogP contribution in [-0.2, 0) is 0 Å². The summed E-state index contributed by atoms with van der Waals surface area (Å²) in [5.41, 5.74) is 5.48. The highest BCUT2D eigenvalue weighted by atomic mass is 14.1. The summed E-state index contributed by atoms with van der Waals surface area (Å²) in [4.78, 5) is 0. The van der Waals surface area contributed by atoms with Crippen LogP contribution in [0.3, 0.4) is 0 Å². The fourth-order valence-corrected chi connectivity index (χ4v) is 2.67. The second kappa shape index (κ2) is 8.95. The van der Waals surface area contributed by atoms with Crippen molar-refractivity contribution in [1.82, 2.24) is 0 Å². The lowest BCUT2D eigenvalue weighted by Crippen LogP contribution is -1.98. The highest BCUT2D eigenvalue weighted by Crippen LogP contribution is 2.26. The molecule has 0 fully saturated rings. The Morgan fingerprint density at radius 1 is 0.565 bits per heavy atom. The summed E-state index contributed by atoms with van der Waals surface area (Å²) in [6, 6.07) is 29.9. The summed E-state index contributed by atoms with van der Waals surface area (Å²) in [5.74, 6) is 0.535. The molecule has 0 aliphatic heterocycles. The van der Waals surface area contributed by atoms with E-state index >= 15 is 0 Å². The SMILES string of the molecule is CCC(c1ccccc1)c1ccccc1.Cc1ccc(C)cc1. The molecule has 0 heteroatoms. The highest BCUT2D eigenvalue weighted by molar-refractivity contribution is 5.31. The van der Waals surface area contributed by atoms with Gasteiger partial charge in [-0.25, -0.2) is 0 Å². The molecule has 0 nitrogen and oxygen atoms in total. The average Bonchev–Trinajstić information content (AvgIpc) is 2.61. The molecule has 0 bridgehead atoms. The number of hydrogen-bond acceptors (Lipinski definition) is 0. The van der Waals surface area contributed by atoms with Gasteiger partial charge in [0.25, 0.3) is 0 Å². The van der Waals surface area contributed by atoms with Crippen LogP contribution < -0.4 is 0 Å². The molecule has 0 aliphatic carbocycles. The number of benzene rings is 3. The first-order valence-corrected chi connectivity index (χ1v) is 8.34. The molecule has 118 valence electrons. The van der Waals surface area contributed by atoms with Gasteiger partial charge >= 0.3 is 0 Å². The maximum atomic E-state index is 2.24. The highest BCUT2D eigenvalue weighted by Gasteiger charge is 2.10. The molecule has 0 saturated heterocycles. The molecule has 23 heavy (non-hydrogen) atoms. The topological polar surface area (TPSA) is 0 Å². The van der Waals surface area contributed by atoms with Crippen LogP contribution in [0, 0.1) is 13.8 Å². The summed E-state index contributed by atoms with van der Waals surface area (Å²) in [5, 5.41) is 0. The van der Waals surface area contributed by atoms with Crippen molar-refractivity contribution in [2.24, 2.45) is 0 Å². The van der Waals surface area contributed by atoms with Gasteiger partial charge in [-0.05, 0) is 31.4 Å². The van der Waals surface area contributed by atoms with Crippen molar-refractivity contribution in [3.63, 3.8) is 0 Å². The molecule has 0 aromatic heterocycles. The van der Waals surface area contributed by atoms with Crippen LogP contribution in [0.2, 0.25) is 0 Å². The van der Waals surface area contributed by atoms with Crippen molar-refractivity contribution >= 4 is 0 Å². The Hall–Kier alpha value is -2.34. The summed E-state index contributed by atoms with van der Waals surface area (Å²) in [6.45, 7) is 6.43. The Balaban J connectivity index is 0.000000203. The lowest BCUT2D eigenvalue weighted by molar-refractivity contribution is 0.777. The number of rotatable bonds is 3. The molecule has 0 spiro atoms. The van der Waals surface area contributed by atoms with Crippen molar-refractivity contribution in [3.05, 3.63) is 107 Å². The molecule has 0 saturated carbocycles. The van der Waals surface area contributed by atoms with Gasteiger partial charge in [-0.3, -0.25) is 0 Å². The van der Waals surface area contributed by atoms with Crippen molar-refractivity contribution in [2.75, 3.05) is 0 Å². The van der Waals surface area contributed by atoms with Crippen molar-refractivity contribution in [3.8, 4) is 0 Å². The Labute approximate surface area is 140 Å². The molecule has 0 amide bonds. The predicted octanol–water partition coefficient (Wildman–Crippen LogP) is 6.53.